The zero-order valence-electron chi connectivity index (χ0n) is 14.5. The van der Waals surface area contributed by atoms with E-state index in [1.54, 1.807) is 0 Å². The molecule has 0 fully saturated rings. The van der Waals surface area contributed by atoms with Crippen molar-refractivity contribution < 1.29 is 26.3 Å². The largest absolute Gasteiger partial charge is 0.405 e. The SMILES string of the molecule is CC(=N\NC(=S)NCC(F)(F)F)/C(=N/NC(=S)NCC(F)(F)F)c1ncccn1. The van der Waals surface area contributed by atoms with E-state index in [4.69, 9.17) is 0 Å². The molecule has 1 aromatic rings. The van der Waals surface area contributed by atoms with Gasteiger partial charge in [0.1, 0.15) is 13.1 Å². The van der Waals surface area contributed by atoms with Crippen molar-refractivity contribution in [1.82, 2.24) is 31.5 Å². The van der Waals surface area contributed by atoms with Crippen LogP contribution in [0.5, 0.6) is 0 Å². The molecule has 1 heterocycles. The van der Waals surface area contributed by atoms with Gasteiger partial charge in [0.25, 0.3) is 0 Å². The highest BCUT2D eigenvalue weighted by atomic mass is 32.1. The number of hydrogen-bond acceptors (Lipinski definition) is 6. The Kier molecular flexibility index (Phi) is 9.09. The van der Waals surface area contributed by atoms with Gasteiger partial charge < -0.3 is 10.6 Å². The lowest BCUT2D eigenvalue weighted by molar-refractivity contribution is -0.122. The topological polar surface area (TPSA) is 98.6 Å². The number of hydrazone groups is 2. The second-order valence-electron chi connectivity index (χ2n) is 5.05. The van der Waals surface area contributed by atoms with Crippen LogP contribution in [0.3, 0.4) is 0 Å². The van der Waals surface area contributed by atoms with E-state index in [9.17, 15) is 26.3 Å². The standard InChI is InChI=1S/C13H14F6N8S2/c1-7(24-26-10(28)22-5-12(14,15)16)8(9-20-3-2-4-21-9)25-27-11(29)23-6-13(17,18)19/h2-4H,5-6H2,1H3,(H2,22,26,28)(H2,23,27,29)/b24-7+,25-8-. The van der Waals surface area contributed by atoms with Crippen LogP contribution >= 0.6 is 24.4 Å². The number of thiocarbonyl (C=S) groups is 2. The van der Waals surface area contributed by atoms with Crippen molar-refractivity contribution in [3.05, 3.63) is 24.3 Å². The summed E-state index contributed by atoms with van der Waals surface area (Å²) in [6.45, 7) is -1.35. The molecule has 0 aliphatic heterocycles. The molecule has 0 radical (unpaired) electrons. The minimum Gasteiger partial charge on any atom is -0.352 e. The Hall–Kier alpha value is -2.62. The highest BCUT2D eigenvalue weighted by Crippen LogP contribution is 2.12. The fourth-order valence-electron chi connectivity index (χ4n) is 1.45. The summed E-state index contributed by atoms with van der Waals surface area (Å²) in [4.78, 5) is 7.86. The summed E-state index contributed by atoms with van der Waals surface area (Å²) in [6, 6.07) is 1.50. The zero-order valence-corrected chi connectivity index (χ0v) is 16.2. The summed E-state index contributed by atoms with van der Waals surface area (Å²) in [7, 11) is 0. The van der Waals surface area contributed by atoms with E-state index in [1.165, 1.54) is 25.4 Å². The zero-order chi connectivity index (χ0) is 22.1. The van der Waals surface area contributed by atoms with Gasteiger partial charge in [-0.25, -0.2) is 9.97 Å². The molecule has 0 atom stereocenters. The van der Waals surface area contributed by atoms with Gasteiger partial charge in [-0.2, -0.15) is 36.5 Å². The summed E-state index contributed by atoms with van der Waals surface area (Å²) in [6.07, 6.45) is -6.22. The second kappa shape index (κ2) is 10.8. The molecule has 0 amide bonds. The second-order valence-corrected chi connectivity index (χ2v) is 5.87. The van der Waals surface area contributed by atoms with E-state index < -0.39 is 35.7 Å². The fraction of sp³-hybridized carbons (Fsp3) is 0.385. The number of nitrogens with one attached hydrogen (secondary N) is 4. The molecular weight excluding hydrogens is 446 g/mol. The van der Waals surface area contributed by atoms with Crippen molar-refractivity contribution in [3.63, 3.8) is 0 Å². The molecule has 0 bridgehead atoms. The maximum atomic E-state index is 12.2. The van der Waals surface area contributed by atoms with Gasteiger partial charge in [0.2, 0.25) is 0 Å². The minimum atomic E-state index is -4.48. The van der Waals surface area contributed by atoms with Crippen LogP contribution in [-0.4, -0.2) is 57.1 Å². The van der Waals surface area contributed by atoms with Gasteiger partial charge >= 0.3 is 12.4 Å². The van der Waals surface area contributed by atoms with Gasteiger partial charge in [-0.3, -0.25) is 10.9 Å². The lowest BCUT2D eigenvalue weighted by atomic mass is 10.2. The van der Waals surface area contributed by atoms with Crippen molar-refractivity contribution in [2.24, 2.45) is 10.2 Å². The summed E-state index contributed by atoms with van der Waals surface area (Å²) in [5.41, 5.74) is 4.38. The Labute approximate surface area is 171 Å². The van der Waals surface area contributed by atoms with Crippen LogP contribution in [-0.2, 0) is 0 Å². The van der Waals surface area contributed by atoms with Crippen molar-refractivity contribution in [3.8, 4) is 0 Å². The van der Waals surface area contributed by atoms with Crippen LogP contribution in [0.4, 0.5) is 26.3 Å². The van der Waals surface area contributed by atoms with E-state index in [0.717, 1.165) is 0 Å². The van der Waals surface area contributed by atoms with Crippen LogP contribution in [0.15, 0.2) is 28.7 Å². The molecule has 0 unspecified atom stereocenters. The molecule has 8 nitrogen and oxygen atoms in total. The van der Waals surface area contributed by atoms with E-state index >= 15 is 0 Å². The third-order valence-electron chi connectivity index (χ3n) is 2.61. The first-order chi connectivity index (χ1) is 13.4. The Morgan fingerprint density at radius 1 is 0.897 bits per heavy atom. The highest BCUT2D eigenvalue weighted by molar-refractivity contribution is 7.80. The molecular formula is C13H14F6N8S2. The molecule has 0 spiro atoms. The Balaban J connectivity index is 2.87. The van der Waals surface area contributed by atoms with Crippen LogP contribution in [0.2, 0.25) is 0 Å². The molecule has 29 heavy (non-hydrogen) atoms. The van der Waals surface area contributed by atoms with Crippen molar-refractivity contribution in [1.29, 1.82) is 0 Å². The van der Waals surface area contributed by atoms with Crippen molar-refractivity contribution >= 4 is 46.1 Å². The number of alkyl halides is 6. The van der Waals surface area contributed by atoms with Gasteiger partial charge in [-0.05, 0) is 37.4 Å². The van der Waals surface area contributed by atoms with Gasteiger partial charge in [0.05, 0.1) is 5.71 Å². The number of hydrogen-bond donors (Lipinski definition) is 4. The number of aromatic nitrogens is 2. The summed E-state index contributed by atoms with van der Waals surface area (Å²) in [5.74, 6) is 0.0239. The highest BCUT2D eigenvalue weighted by Gasteiger charge is 2.27. The van der Waals surface area contributed by atoms with E-state index in [2.05, 4.69) is 55.5 Å². The predicted molar refractivity (Wildman–Crippen MR) is 101 cm³/mol. The molecule has 16 heteroatoms. The normalized spacial score (nSPS) is 12.9. The lowest BCUT2D eigenvalue weighted by Crippen LogP contribution is -2.40. The van der Waals surface area contributed by atoms with E-state index in [0.29, 0.717) is 0 Å². The molecule has 0 saturated carbocycles. The first-order valence-electron chi connectivity index (χ1n) is 7.48. The van der Waals surface area contributed by atoms with Crippen LogP contribution in [0.25, 0.3) is 0 Å². The number of nitrogens with zero attached hydrogens (tertiary/aromatic N) is 4. The quantitative estimate of drug-likeness (QED) is 0.220. The molecule has 4 N–H and O–H groups in total. The van der Waals surface area contributed by atoms with Gasteiger partial charge in [-0.15, -0.1) is 0 Å². The minimum absolute atomic E-state index is 0.0239. The maximum Gasteiger partial charge on any atom is 0.405 e. The number of halogens is 6. The maximum absolute atomic E-state index is 12.2. The summed E-state index contributed by atoms with van der Waals surface area (Å²) < 4.78 is 73.1. The smallest absolute Gasteiger partial charge is 0.352 e. The van der Waals surface area contributed by atoms with Crippen molar-refractivity contribution in [2.75, 3.05) is 13.1 Å². The Morgan fingerprint density at radius 3 is 1.79 bits per heavy atom. The third kappa shape index (κ3) is 11.1. The number of rotatable bonds is 6. The molecule has 1 rings (SSSR count). The van der Waals surface area contributed by atoms with Gasteiger partial charge in [-0.1, -0.05) is 0 Å². The average Bonchev–Trinajstić information content (AvgIpc) is 2.63. The molecule has 0 aromatic carbocycles. The first-order valence-corrected chi connectivity index (χ1v) is 8.30. The van der Waals surface area contributed by atoms with Crippen LogP contribution in [0.1, 0.15) is 12.7 Å². The van der Waals surface area contributed by atoms with Gasteiger partial charge in [0.15, 0.2) is 21.8 Å². The molecule has 0 aliphatic rings. The van der Waals surface area contributed by atoms with Gasteiger partial charge in [0, 0.05) is 12.4 Å². The van der Waals surface area contributed by atoms with E-state index in [-0.39, 0.29) is 17.2 Å². The van der Waals surface area contributed by atoms with Crippen molar-refractivity contribution in [2.45, 2.75) is 19.3 Å². The molecule has 160 valence electrons. The molecule has 0 aliphatic carbocycles. The Bertz CT molecular complexity index is 763. The van der Waals surface area contributed by atoms with E-state index in [1.807, 2.05) is 10.6 Å². The summed E-state index contributed by atoms with van der Waals surface area (Å²) in [5, 5.41) is 10.5. The predicted octanol–water partition coefficient (Wildman–Crippen LogP) is 1.61. The lowest BCUT2D eigenvalue weighted by Gasteiger charge is -2.12. The van der Waals surface area contributed by atoms with Crippen LogP contribution < -0.4 is 21.5 Å². The molecule has 0 saturated heterocycles. The summed E-state index contributed by atoms with van der Waals surface area (Å²) >= 11 is 9.36. The Morgan fingerprint density at radius 2 is 1.34 bits per heavy atom. The molecule has 1 aromatic heterocycles. The fourth-order valence-corrected chi connectivity index (χ4v) is 1.68. The third-order valence-corrected chi connectivity index (χ3v) is 3.08. The van der Waals surface area contributed by atoms with Crippen LogP contribution in [0, 0.1) is 0 Å². The monoisotopic (exact) mass is 460 g/mol. The first kappa shape index (κ1) is 24.4. The average molecular weight is 460 g/mol.